The normalized spacial score (nSPS) is 13.2. The van der Waals surface area contributed by atoms with Gasteiger partial charge in [-0.25, -0.2) is 4.79 Å². The van der Waals surface area contributed by atoms with E-state index in [1.165, 1.54) is 17.3 Å². The maximum atomic E-state index is 12.4. The summed E-state index contributed by atoms with van der Waals surface area (Å²) in [4.78, 5) is 29.0. The summed E-state index contributed by atoms with van der Waals surface area (Å²) in [6.07, 6.45) is 7.14. The summed E-state index contributed by atoms with van der Waals surface area (Å²) >= 11 is 1.32. The van der Waals surface area contributed by atoms with Crippen LogP contribution in [0, 0.1) is 0 Å². The number of unbranched alkanes of at least 4 members (excludes halogenated alkanes) is 1. The maximum absolute atomic E-state index is 12.4. The van der Waals surface area contributed by atoms with E-state index in [9.17, 15) is 14.7 Å². The number of benzene rings is 1. The smallest absolute Gasteiger partial charge is 0.348 e. The number of aliphatic hydroxyl groups excluding tert-OH is 1. The molecule has 0 saturated heterocycles. The molecule has 0 saturated carbocycles. The first-order valence-corrected chi connectivity index (χ1v) is 11.4. The molecule has 0 unspecified atom stereocenters. The number of hydrogen-bond acceptors (Lipinski definition) is 5. The molecule has 29 heavy (non-hydrogen) atoms. The number of aromatic nitrogens is 2. The number of aryl methyl sites for hydroxylation is 1. The number of carbonyl (C=O) groups is 1. The van der Waals surface area contributed by atoms with E-state index in [4.69, 9.17) is 0 Å². The Bertz CT molecular complexity index is 893. The van der Waals surface area contributed by atoms with Crippen LogP contribution in [0.4, 0.5) is 5.69 Å². The third-order valence-electron chi connectivity index (χ3n) is 5.17. The van der Waals surface area contributed by atoms with Crippen LogP contribution in [0.5, 0.6) is 0 Å². The maximum Gasteiger partial charge on any atom is 0.348 e. The van der Waals surface area contributed by atoms with Crippen molar-refractivity contribution in [3.8, 4) is 0 Å². The summed E-state index contributed by atoms with van der Waals surface area (Å²) in [5, 5.41) is 12.8. The van der Waals surface area contributed by atoms with Crippen LogP contribution in [0.3, 0.4) is 0 Å². The molecule has 1 aromatic carbocycles. The fourth-order valence-electron chi connectivity index (χ4n) is 3.66. The lowest BCUT2D eigenvalue weighted by atomic mass is 9.97. The first-order valence-electron chi connectivity index (χ1n) is 10.4. The Kier molecular flexibility index (Phi) is 7.89. The second-order valence-corrected chi connectivity index (χ2v) is 8.31. The zero-order chi connectivity index (χ0) is 20.6. The van der Waals surface area contributed by atoms with Crippen molar-refractivity contribution in [3.05, 3.63) is 51.6 Å². The van der Waals surface area contributed by atoms with Gasteiger partial charge in [-0.1, -0.05) is 37.2 Å². The molecule has 0 spiro atoms. The molecule has 2 N–H and O–H groups in total. The van der Waals surface area contributed by atoms with Crippen molar-refractivity contribution in [3.63, 3.8) is 0 Å². The highest BCUT2D eigenvalue weighted by Gasteiger charge is 2.20. The van der Waals surface area contributed by atoms with E-state index in [0.29, 0.717) is 5.03 Å². The average Bonchev–Trinajstić information content (AvgIpc) is 2.74. The summed E-state index contributed by atoms with van der Waals surface area (Å²) < 4.78 is 1.58. The second-order valence-electron chi connectivity index (χ2n) is 7.34. The van der Waals surface area contributed by atoms with Gasteiger partial charge in [0, 0.05) is 16.9 Å². The quantitative estimate of drug-likeness (QED) is 0.485. The fourth-order valence-corrected chi connectivity index (χ4v) is 4.54. The number of rotatable bonds is 9. The molecule has 0 atom stereocenters. The monoisotopic (exact) mass is 415 g/mol. The third kappa shape index (κ3) is 5.70. The fraction of sp³-hybridized carbons (Fsp3) is 0.500. The van der Waals surface area contributed by atoms with E-state index in [1.54, 1.807) is 4.57 Å². The largest absolute Gasteiger partial charge is 0.395 e. The number of fused-ring (bicyclic) bond motifs is 1. The van der Waals surface area contributed by atoms with E-state index in [1.807, 2.05) is 12.1 Å². The highest BCUT2D eigenvalue weighted by atomic mass is 32.2. The molecule has 1 heterocycles. The molecule has 0 radical (unpaired) electrons. The zero-order valence-electron chi connectivity index (χ0n) is 16.9. The van der Waals surface area contributed by atoms with Gasteiger partial charge in [0.15, 0.2) is 0 Å². The van der Waals surface area contributed by atoms with Gasteiger partial charge < -0.3 is 10.4 Å². The van der Waals surface area contributed by atoms with E-state index in [2.05, 4.69) is 29.4 Å². The number of carbonyl (C=O) groups excluding carboxylic acids is 1. The van der Waals surface area contributed by atoms with Crippen LogP contribution in [-0.2, 0) is 30.6 Å². The van der Waals surface area contributed by atoms with E-state index in [-0.39, 0.29) is 30.5 Å². The summed E-state index contributed by atoms with van der Waals surface area (Å²) in [5.41, 5.74) is 3.74. The molecule has 1 amide bonds. The van der Waals surface area contributed by atoms with Crippen molar-refractivity contribution < 1.29 is 9.90 Å². The van der Waals surface area contributed by atoms with E-state index < -0.39 is 0 Å². The molecular formula is C22H29N3O3S. The predicted octanol–water partition coefficient (Wildman–Crippen LogP) is 3.19. The molecule has 156 valence electrons. The highest BCUT2D eigenvalue weighted by Crippen LogP contribution is 2.28. The predicted molar refractivity (Wildman–Crippen MR) is 117 cm³/mol. The Balaban J connectivity index is 1.64. The average molecular weight is 416 g/mol. The molecule has 0 fully saturated rings. The van der Waals surface area contributed by atoms with Gasteiger partial charge in [-0.15, -0.1) is 0 Å². The van der Waals surface area contributed by atoms with Gasteiger partial charge in [-0.05, 0) is 56.2 Å². The molecule has 2 aromatic rings. The Hall–Kier alpha value is -2.12. The summed E-state index contributed by atoms with van der Waals surface area (Å²) in [5.74, 6) is 0.0997. The van der Waals surface area contributed by atoms with Crippen LogP contribution in [0.25, 0.3) is 0 Å². The minimum Gasteiger partial charge on any atom is -0.395 e. The summed E-state index contributed by atoms with van der Waals surface area (Å²) in [6, 6.07) is 7.97. The van der Waals surface area contributed by atoms with Crippen LogP contribution in [0.1, 0.15) is 49.4 Å². The zero-order valence-corrected chi connectivity index (χ0v) is 17.8. The first kappa shape index (κ1) is 21.6. The van der Waals surface area contributed by atoms with Crippen LogP contribution < -0.4 is 11.0 Å². The minimum atomic E-state index is -0.342. The van der Waals surface area contributed by atoms with Crippen molar-refractivity contribution in [2.75, 3.05) is 17.7 Å². The standard InChI is InChI=1S/C22H29N3O3S/c1-2-3-6-16-9-11-17(12-10-16)23-20(27)15-29-21-18-7-4-5-8-19(18)25(13-14-26)22(28)24-21/h9-12,26H,2-8,13-15H2,1H3,(H,23,27). The summed E-state index contributed by atoms with van der Waals surface area (Å²) in [7, 11) is 0. The van der Waals surface area contributed by atoms with E-state index >= 15 is 0 Å². The van der Waals surface area contributed by atoms with Gasteiger partial charge in [0.2, 0.25) is 5.91 Å². The number of nitrogens with one attached hydrogen (secondary N) is 1. The van der Waals surface area contributed by atoms with Crippen molar-refractivity contribution in [1.82, 2.24) is 9.55 Å². The lowest BCUT2D eigenvalue weighted by Crippen LogP contribution is -2.31. The number of hydrogen-bond donors (Lipinski definition) is 2. The Morgan fingerprint density at radius 1 is 1.24 bits per heavy atom. The number of nitrogens with zero attached hydrogens (tertiary/aromatic N) is 2. The number of aliphatic hydroxyl groups is 1. The van der Waals surface area contributed by atoms with Crippen LogP contribution in [0.2, 0.25) is 0 Å². The third-order valence-corrected chi connectivity index (χ3v) is 6.19. The molecule has 0 bridgehead atoms. The minimum absolute atomic E-state index is 0.0832. The van der Waals surface area contributed by atoms with Crippen LogP contribution >= 0.6 is 11.8 Å². The van der Waals surface area contributed by atoms with E-state index in [0.717, 1.165) is 61.9 Å². The van der Waals surface area contributed by atoms with Crippen LogP contribution in [0.15, 0.2) is 34.1 Å². The molecule has 1 aromatic heterocycles. The Morgan fingerprint density at radius 3 is 2.72 bits per heavy atom. The molecule has 1 aliphatic rings. The molecule has 1 aliphatic carbocycles. The van der Waals surface area contributed by atoms with Gasteiger partial charge in [-0.3, -0.25) is 9.36 Å². The van der Waals surface area contributed by atoms with Crippen molar-refractivity contribution in [1.29, 1.82) is 0 Å². The van der Waals surface area contributed by atoms with Crippen molar-refractivity contribution >= 4 is 23.4 Å². The molecule has 7 heteroatoms. The SMILES string of the molecule is CCCCc1ccc(NC(=O)CSc2nc(=O)n(CCO)c3c2CCCC3)cc1. The van der Waals surface area contributed by atoms with Gasteiger partial charge in [0.05, 0.1) is 18.9 Å². The number of thioether (sulfide) groups is 1. The number of anilines is 1. The van der Waals surface area contributed by atoms with Crippen LogP contribution in [-0.4, -0.2) is 32.9 Å². The van der Waals surface area contributed by atoms with Gasteiger partial charge in [0.25, 0.3) is 0 Å². The lowest BCUT2D eigenvalue weighted by Gasteiger charge is -2.22. The van der Waals surface area contributed by atoms with Gasteiger partial charge in [-0.2, -0.15) is 4.98 Å². The molecular weight excluding hydrogens is 386 g/mol. The topological polar surface area (TPSA) is 84.2 Å². The summed E-state index contributed by atoms with van der Waals surface area (Å²) in [6.45, 7) is 2.36. The highest BCUT2D eigenvalue weighted by molar-refractivity contribution is 8.00. The second kappa shape index (κ2) is 10.6. The van der Waals surface area contributed by atoms with Gasteiger partial charge in [0.1, 0.15) is 5.03 Å². The Labute approximate surface area is 175 Å². The van der Waals surface area contributed by atoms with Crippen molar-refractivity contribution in [2.45, 2.75) is 63.4 Å². The lowest BCUT2D eigenvalue weighted by molar-refractivity contribution is -0.113. The number of amides is 1. The van der Waals surface area contributed by atoms with Gasteiger partial charge >= 0.3 is 5.69 Å². The molecule has 0 aliphatic heterocycles. The van der Waals surface area contributed by atoms with Crippen molar-refractivity contribution in [2.24, 2.45) is 0 Å². The first-order chi connectivity index (χ1) is 14.1. The molecule has 6 nitrogen and oxygen atoms in total. The Morgan fingerprint density at radius 2 is 2.00 bits per heavy atom. The molecule has 3 rings (SSSR count).